The molecule has 0 saturated heterocycles. The third kappa shape index (κ3) is 24.4. The van der Waals surface area contributed by atoms with Gasteiger partial charge in [-0.25, -0.2) is 0 Å². The van der Waals surface area contributed by atoms with E-state index in [1.54, 1.807) is 0 Å². The molecule has 0 amide bonds. The maximum atomic E-state index is 12.0. The van der Waals surface area contributed by atoms with Crippen molar-refractivity contribution in [3.63, 3.8) is 0 Å². The molecule has 0 spiro atoms. The van der Waals surface area contributed by atoms with Crippen molar-refractivity contribution in [1.29, 1.82) is 0 Å². The molecule has 0 fully saturated rings. The summed E-state index contributed by atoms with van der Waals surface area (Å²) >= 11 is 0. The third-order valence-corrected chi connectivity index (χ3v) is 6.30. The summed E-state index contributed by atoms with van der Waals surface area (Å²) in [6, 6.07) is 0. The fourth-order valence-electron chi connectivity index (χ4n) is 3.23. The number of quaternary nitrogens is 1. The first-order chi connectivity index (χ1) is 16.9. The summed E-state index contributed by atoms with van der Waals surface area (Å²) in [5.74, 6) is -1.04. The highest BCUT2D eigenvalue weighted by Crippen LogP contribution is 2.38. The van der Waals surface area contributed by atoms with Gasteiger partial charge in [-0.1, -0.05) is 57.6 Å². The molecule has 0 aromatic carbocycles. The Kier molecular flexibility index (Phi) is 20.0. The number of carbonyl (C=O) groups excluding carboxylic acids is 2. The fourth-order valence-corrected chi connectivity index (χ4v) is 3.96. The van der Waals surface area contributed by atoms with Gasteiger partial charge in [0.15, 0.2) is 6.10 Å². The largest absolute Gasteiger partial charge is 0.756 e. The summed E-state index contributed by atoms with van der Waals surface area (Å²) in [4.78, 5) is 35.2. The molecule has 9 nitrogen and oxygen atoms in total. The van der Waals surface area contributed by atoms with Gasteiger partial charge in [-0.3, -0.25) is 14.2 Å². The highest BCUT2D eigenvalue weighted by molar-refractivity contribution is 7.45. The number of carbonyl (C=O) groups is 2. The molecule has 0 radical (unpaired) electrons. The van der Waals surface area contributed by atoms with Gasteiger partial charge in [0.25, 0.3) is 7.82 Å². The Morgan fingerprint density at radius 2 is 1.47 bits per heavy atom. The Morgan fingerprint density at radius 1 is 0.889 bits per heavy atom. The first kappa shape index (κ1) is 34.8. The van der Waals surface area contributed by atoms with Crippen molar-refractivity contribution in [2.75, 3.05) is 47.5 Å². The van der Waals surface area contributed by atoms with Crippen LogP contribution >= 0.6 is 7.82 Å². The summed E-state index contributed by atoms with van der Waals surface area (Å²) in [7, 11) is 1.15. The van der Waals surface area contributed by atoms with E-state index in [1.165, 1.54) is 39.0 Å². The fraction of sp³-hybridized carbons (Fsp3) is 0.846. The van der Waals surface area contributed by atoms with Crippen LogP contribution in [0.15, 0.2) is 12.2 Å². The minimum absolute atomic E-state index is 0.0344. The Balaban J connectivity index is 4.01. The molecular weight excluding hydrogens is 485 g/mol. The Morgan fingerprint density at radius 3 is 2.06 bits per heavy atom. The number of phosphoric acid groups is 1. The van der Waals surface area contributed by atoms with Crippen LogP contribution < -0.4 is 4.89 Å². The van der Waals surface area contributed by atoms with Crippen molar-refractivity contribution in [1.82, 2.24) is 0 Å². The zero-order valence-electron chi connectivity index (χ0n) is 23.2. The van der Waals surface area contributed by atoms with E-state index in [0.717, 1.165) is 38.5 Å². The number of hydrogen-bond donors (Lipinski definition) is 0. The molecule has 36 heavy (non-hydrogen) atoms. The number of likely N-dealkylation sites (N-methyl/N-ethyl adjacent to an activating group) is 1. The van der Waals surface area contributed by atoms with Crippen molar-refractivity contribution in [3.8, 4) is 0 Å². The van der Waals surface area contributed by atoms with E-state index in [0.29, 0.717) is 11.0 Å². The maximum Gasteiger partial charge on any atom is 0.305 e. The second-order valence-electron chi connectivity index (χ2n) is 10.1. The van der Waals surface area contributed by atoms with Gasteiger partial charge < -0.3 is 27.9 Å². The van der Waals surface area contributed by atoms with Crippen molar-refractivity contribution in [3.05, 3.63) is 12.2 Å². The number of rotatable bonds is 23. The van der Waals surface area contributed by atoms with Crippen LogP contribution in [0.1, 0.15) is 90.9 Å². The Hall–Kier alpha value is -1.25. The summed E-state index contributed by atoms with van der Waals surface area (Å²) in [5.41, 5.74) is 0. The second-order valence-corrected chi connectivity index (χ2v) is 11.5. The van der Waals surface area contributed by atoms with E-state index >= 15 is 0 Å². The normalized spacial score (nSPS) is 14.5. The topological polar surface area (TPSA) is 111 Å². The van der Waals surface area contributed by atoms with Gasteiger partial charge in [0.05, 0.1) is 27.7 Å². The number of hydrogen-bond acceptors (Lipinski definition) is 8. The van der Waals surface area contributed by atoms with Gasteiger partial charge in [0, 0.05) is 13.3 Å². The molecule has 0 aromatic heterocycles. The first-order valence-electron chi connectivity index (χ1n) is 13.3. The molecular formula is C26H50NO8P. The smallest absolute Gasteiger partial charge is 0.305 e. The van der Waals surface area contributed by atoms with Gasteiger partial charge >= 0.3 is 11.9 Å². The average molecular weight is 536 g/mol. The second kappa shape index (κ2) is 20.8. The molecule has 10 heteroatoms. The van der Waals surface area contributed by atoms with E-state index in [4.69, 9.17) is 18.5 Å². The summed E-state index contributed by atoms with van der Waals surface area (Å²) < 4.78 is 32.3. The molecule has 0 rings (SSSR count). The van der Waals surface area contributed by atoms with Crippen LogP contribution in [0.5, 0.6) is 0 Å². The molecule has 0 N–H and O–H groups in total. The number of esters is 2. The molecule has 0 heterocycles. The van der Waals surface area contributed by atoms with Gasteiger partial charge in [0.2, 0.25) is 0 Å². The Labute approximate surface area is 218 Å². The number of nitrogens with zero attached hydrogens (tertiary/aromatic N) is 1. The predicted molar refractivity (Wildman–Crippen MR) is 139 cm³/mol. The first-order valence-corrected chi connectivity index (χ1v) is 14.8. The average Bonchev–Trinajstić information content (AvgIpc) is 2.77. The van der Waals surface area contributed by atoms with Gasteiger partial charge in [-0.05, 0) is 32.1 Å². The molecule has 1 unspecified atom stereocenters. The third-order valence-electron chi connectivity index (χ3n) is 5.34. The molecule has 0 aromatic rings. The summed E-state index contributed by atoms with van der Waals surface area (Å²) in [5, 5.41) is 0. The lowest BCUT2D eigenvalue weighted by molar-refractivity contribution is -0.870. The standard InChI is InChI=1S/C26H50NO8P/c1-6-7-8-9-10-11-12-13-14-15-16-17-18-19-26(29)32-22-25(35-24(2)28)23-34-36(30,31)33-21-20-27(3,4)5/h11-12,25H,6-10,13-23H2,1-5H3/b12-11-/t25-/m1/s1. The van der Waals surface area contributed by atoms with Crippen LogP contribution in [0.4, 0.5) is 0 Å². The number of allylic oxidation sites excluding steroid dienone is 2. The van der Waals surface area contributed by atoms with Gasteiger partial charge in [-0.15, -0.1) is 0 Å². The summed E-state index contributed by atoms with van der Waals surface area (Å²) in [6.45, 7) is 3.09. The van der Waals surface area contributed by atoms with Crippen LogP contribution in [0.3, 0.4) is 0 Å². The van der Waals surface area contributed by atoms with Gasteiger partial charge in [-0.2, -0.15) is 0 Å². The van der Waals surface area contributed by atoms with Crippen LogP contribution in [0.25, 0.3) is 0 Å². The number of ether oxygens (including phenoxy) is 2. The molecule has 0 aliphatic carbocycles. The SMILES string of the molecule is CCCCCC/C=C\CCCCCCCC(=O)OC[C@H](COP(=O)([O-])OCC[N+](C)(C)C)OC(C)=O. The molecule has 0 bridgehead atoms. The zero-order valence-corrected chi connectivity index (χ0v) is 24.1. The lowest BCUT2D eigenvalue weighted by atomic mass is 10.1. The van der Waals surface area contributed by atoms with Crippen molar-refractivity contribution >= 4 is 19.8 Å². The minimum Gasteiger partial charge on any atom is -0.756 e. The summed E-state index contributed by atoms with van der Waals surface area (Å²) in [6.07, 6.45) is 16.3. The van der Waals surface area contributed by atoms with Crippen LogP contribution in [-0.4, -0.2) is 70.0 Å². The van der Waals surface area contributed by atoms with Crippen LogP contribution in [0.2, 0.25) is 0 Å². The lowest BCUT2D eigenvalue weighted by Crippen LogP contribution is -2.37. The van der Waals surface area contributed by atoms with E-state index in [1.807, 2.05) is 21.1 Å². The monoisotopic (exact) mass is 535 g/mol. The van der Waals surface area contributed by atoms with Crippen LogP contribution in [-0.2, 0) is 32.7 Å². The number of unbranched alkanes of at least 4 members (excludes halogenated alkanes) is 9. The quantitative estimate of drug-likeness (QED) is 0.0596. The molecule has 0 aliphatic heterocycles. The lowest BCUT2D eigenvalue weighted by Gasteiger charge is -2.28. The Bertz CT molecular complexity index is 663. The van der Waals surface area contributed by atoms with Crippen molar-refractivity contribution < 1.29 is 42.1 Å². The van der Waals surface area contributed by atoms with Gasteiger partial charge in [0.1, 0.15) is 19.8 Å². The predicted octanol–water partition coefficient (Wildman–Crippen LogP) is 4.93. The van der Waals surface area contributed by atoms with E-state index in [-0.39, 0.29) is 19.6 Å². The molecule has 0 saturated carbocycles. The molecule has 212 valence electrons. The molecule has 0 aliphatic rings. The van der Waals surface area contributed by atoms with Crippen LogP contribution in [0, 0.1) is 0 Å². The minimum atomic E-state index is -4.56. The highest BCUT2D eigenvalue weighted by Gasteiger charge is 2.20. The van der Waals surface area contributed by atoms with E-state index in [9.17, 15) is 19.0 Å². The highest BCUT2D eigenvalue weighted by atomic mass is 31.2. The number of phosphoric ester groups is 1. The van der Waals surface area contributed by atoms with E-state index in [2.05, 4.69) is 19.1 Å². The molecule has 2 atom stereocenters. The van der Waals surface area contributed by atoms with Crippen molar-refractivity contribution in [2.24, 2.45) is 0 Å². The van der Waals surface area contributed by atoms with E-state index < -0.39 is 32.5 Å². The van der Waals surface area contributed by atoms with Crippen molar-refractivity contribution in [2.45, 2.75) is 97.0 Å². The maximum absolute atomic E-state index is 12.0. The zero-order chi connectivity index (χ0) is 27.3.